The van der Waals surface area contributed by atoms with Crippen LogP contribution in [-0.4, -0.2) is 27.3 Å². The highest BCUT2D eigenvalue weighted by molar-refractivity contribution is 6.31. The van der Waals surface area contributed by atoms with E-state index < -0.39 is 0 Å². The van der Waals surface area contributed by atoms with Gasteiger partial charge >= 0.3 is 0 Å². The molecule has 23 heavy (non-hydrogen) atoms. The maximum atomic E-state index is 12.2. The monoisotopic (exact) mass is 335 g/mol. The summed E-state index contributed by atoms with van der Waals surface area (Å²) >= 11 is 6.12. The molecule has 2 N–H and O–H groups in total. The summed E-state index contributed by atoms with van der Waals surface area (Å²) in [7, 11) is 0. The molecular formula is C17H22ClN3O2. The third-order valence-electron chi connectivity index (χ3n) is 3.84. The Morgan fingerprint density at radius 1 is 1.35 bits per heavy atom. The first kappa shape index (κ1) is 17.3. The lowest BCUT2D eigenvalue weighted by Crippen LogP contribution is -2.33. The fraction of sp³-hybridized carbons (Fsp3) is 0.412. The minimum absolute atomic E-state index is 0.00699. The summed E-state index contributed by atoms with van der Waals surface area (Å²) in [6.07, 6.45) is 0.727. The van der Waals surface area contributed by atoms with E-state index in [2.05, 4.69) is 10.4 Å². The van der Waals surface area contributed by atoms with Crippen LogP contribution in [0.1, 0.15) is 23.9 Å². The fourth-order valence-electron chi connectivity index (χ4n) is 2.36. The summed E-state index contributed by atoms with van der Waals surface area (Å²) in [6, 6.07) is 6.99. The van der Waals surface area contributed by atoms with Crippen LogP contribution in [0.4, 0.5) is 0 Å². The van der Waals surface area contributed by atoms with E-state index >= 15 is 0 Å². The molecule has 0 saturated heterocycles. The number of amides is 1. The minimum atomic E-state index is -0.191. The highest BCUT2D eigenvalue weighted by Crippen LogP contribution is 2.19. The van der Waals surface area contributed by atoms with Gasteiger partial charge in [-0.3, -0.25) is 9.48 Å². The largest absolute Gasteiger partial charge is 0.508 e. The van der Waals surface area contributed by atoms with E-state index in [4.69, 9.17) is 11.6 Å². The number of halogens is 1. The first-order chi connectivity index (χ1) is 10.9. The van der Waals surface area contributed by atoms with Crippen LogP contribution in [0.2, 0.25) is 5.02 Å². The van der Waals surface area contributed by atoms with E-state index in [1.54, 1.807) is 16.8 Å². The molecule has 0 aliphatic carbocycles. The number of hydrogen-bond acceptors (Lipinski definition) is 3. The van der Waals surface area contributed by atoms with Crippen molar-refractivity contribution in [1.29, 1.82) is 0 Å². The number of aromatic nitrogens is 2. The zero-order chi connectivity index (χ0) is 17.0. The van der Waals surface area contributed by atoms with Crippen molar-refractivity contribution in [3.63, 3.8) is 0 Å². The molecule has 0 unspecified atom stereocenters. The molecule has 0 radical (unpaired) electrons. The Morgan fingerprint density at radius 3 is 2.57 bits per heavy atom. The van der Waals surface area contributed by atoms with E-state index in [0.29, 0.717) is 18.1 Å². The van der Waals surface area contributed by atoms with Crippen molar-refractivity contribution in [1.82, 2.24) is 15.1 Å². The Balaban J connectivity index is 1.82. The average Bonchev–Trinajstić information content (AvgIpc) is 2.76. The van der Waals surface area contributed by atoms with E-state index in [0.717, 1.165) is 23.4 Å². The van der Waals surface area contributed by atoms with Gasteiger partial charge in [0.25, 0.3) is 0 Å². The van der Waals surface area contributed by atoms with Crippen LogP contribution in [0.15, 0.2) is 24.3 Å². The topological polar surface area (TPSA) is 67.2 Å². The molecule has 2 rings (SSSR count). The number of phenolic OH excluding ortho intramolecular Hbond substituents is 1. The second-order valence-electron chi connectivity index (χ2n) is 5.78. The first-order valence-corrected chi connectivity index (χ1v) is 8.01. The number of carbonyl (C=O) groups excluding carboxylic acids is 1. The summed E-state index contributed by atoms with van der Waals surface area (Å²) in [5.74, 6) is 0.0475. The van der Waals surface area contributed by atoms with Gasteiger partial charge in [-0.25, -0.2) is 0 Å². The molecular weight excluding hydrogens is 314 g/mol. The molecule has 0 fully saturated rings. The smallest absolute Gasteiger partial charge is 0.224 e. The highest BCUT2D eigenvalue weighted by Gasteiger charge is 2.16. The normalized spacial score (nSPS) is 12.2. The molecule has 0 aliphatic heterocycles. The van der Waals surface area contributed by atoms with Crippen LogP contribution < -0.4 is 5.32 Å². The molecule has 1 atom stereocenters. The van der Waals surface area contributed by atoms with Crippen LogP contribution >= 0.6 is 11.6 Å². The van der Waals surface area contributed by atoms with Crippen LogP contribution in [0.25, 0.3) is 0 Å². The summed E-state index contributed by atoms with van der Waals surface area (Å²) in [5, 5.41) is 17.2. The number of rotatable bonds is 6. The van der Waals surface area contributed by atoms with E-state index in [1.807, 2.05) is 32.9 Å². The maximum absolute atomic E-state index is 12.2. The lowest BCUT2D eigenvalue weighted by molar-refractivity contribution is -0.124. The number of carbonyl (C=O) groups is 1. The van der Waals surface area contributed by atoms with Gasteiger partial charge in [-0.2, -0.15) is 5.10 Å². The number of aryl methyl sites for hydroxylation is 1. The highest BCUT2D eigenvalue weighted by atomic mass is 35.5. The lowest BCUT2D eigenvalue weighted by Gasteiger charge is -2.13. The van der Waals surface area contributed by atoms with Gasteiger partial charge in [0.2, 0.25) is 5.91 Å². The number of hydrogen-bond donors (Lipinski definition) is 2. The Bertz CT molecular complexity index is 680. The number of nitrogens with one attached hydrogen (secondary N) is 1. The molecule has 1 amide bonds. The molecule has 1 aromatic heterocycles. The Kier molecular flexibility index (Phi) is 5.66. The second kappa shape index (κ2) is 7.51. The molecule has 124 valence electrons. The Hall–Kier alpha value is -2.01. The van der Waals surface area contributed by atoms with Crippen molar-refractivity contribution >= 4 is 17.5 Å². The summed E-state index contributed by atoms with van der Waals surface area (Å²) in [4.78, 5) is 12.2. The molecule has 1 heterocycles. The van der Waals surface area contributed by atoms with Crippen molar-refractivity contribution in [2.24, 2.45) is 5.92 Å². The summed E-state index contributed by atoms with van der Waals surface area (Å²) in [6.45, 7) is 6.70. The predicted octanol–water partition coefficient (Wildman–Crippen LogP) is 2.85. The predicted molar refractivity (Wildman–Crippen MR) is 90.7 cm³/mol. The standard InChI is InChI=1S/C17H22ClN3O2/c1-11(10-21-13(3)16(18)12(2)20-21)17(23)19-9-8-14-4-6-15(22)7-5-14/h4-7,11,22H,8-10H2,1-3H3,(H,19,23)/t11-/m1/s1. The molecule has 6 heteroatoms. The minimum Gasteiger partial charge on any atom is -0.508 e. The first-order valence-electron chi connectivity index (χ1n) is 7.63. The zero-order valence-electron chi connectivity index (χ0n) is 13.6. The number of aromatic hydroxyl groups is 1. The number of benzene rings is 1. The zero-order valence-corrected chi connectivity index (χ0v) is 14.4. The van der Waals surface area contributed by atoms with Crippen LogP contribution in [0.3, 0.4) is 0 Å². The Morgan fingerprint density at radius 2 is 2.00 bits per heavy atom. The maximum Gasteiger partial charge on any atom is 0.224 e. The fourth-order valence-corrected chi connectivity index (χ4v) is 2.50. The van der Waals surface area contributed by atoms with Crippen molar-refractivity contribution in [3.05, 3.63) is 46.2 Å². The third-order valence-corrected chi connectivity index (χ3v) is 4.38. The molecule has 0 aliphatic rings. The van der Waals surface area contributed by atoms with Gasteiger partial charge in [0.1, 0.15) is 5.75 Å². The van der Waals surface area contributed by atoms with Gasteiger partial charge in [-0.05, 0) is 38.0 Å². The second-order valence-corrected chi connectivity index (χ2v) is 6.15. The van der Waals surface area contributed by atoms with E-state index in [-0.39, 0.29) is 17.6 Å². The molecule has 0 bridgehead atoms. The third kappa shape index (κ3) is 4.48. The van der Waals surface area contributed by atoms with E-state index in [1.165, 1.54) is 0 Å². The summed E-state index contributed by atoms with van der Waals surface area (Å²) < 4.78 is 1.78. The Labute approximate surface area is 141 Å². The average molecular weight is 336 g/mol. The van der Waals surface area contributed by atoms with Crippen molar-refractivity contribution < 1.29 is 9.90 Å². The number of nitrogens with zero attached hydrogens (tertiary/aromatic N) is 2. The SMILES string of the molecule is Cc1nn(C[C@@H](C)C(=O)NCCc2ccc(O)cc2)c(C)c1Cl. The molecule has 0 saturated carbocycles. The van der Waals surface area contributed by atoms with Gasteiger partial charge in [-0.1, -0.05) is 30.7 Å². The molecule has 1 aromatic carbocycles. The van der Waals surface area contributed by atoms with Gasteiger partial charge < -0.3 is 10.4 Å². The van der Waals surface area contributed by atoms with Gasteiger partial charge in [0.05, 0.1) is 28.9 Å². The van der Waals surface area contributed by atoms with Gasteiger partial charge in [-0.15, -0.1) is 0 Å². The van der Waals surface area contributed by atoms with Gasteiger partial charge in [0, 0.05) is 6.54 Å². The van der Waals surface area contributed by atoms with E-state index in [9.17, 15) is 9.90 Å². The van der Waals surface area contributed by atoms with Crippen molar-refractivity contribution in [3.8, 4) is 5.75 Å². The lowest BCUT2D eigenvalue weighted by atomic mass is 10.1. The molecule has 2 aromatic rings. The quantitative estimate of drug-likeness (QED) is 0.853. The van der Waals surface area contributed by atoms with Crippen LogP contribution in [0.5, 0.6) is 5.75 Å². The van der Waals surface area contributed by atoms with Gasteiger partial charge in [0.15, 0.2) is 0 Å². The molecule has 0 spiro atoms. The van der Waals surface area contributed by atoms with Crippen LogP contribution in [0, 0.1) is 19.8 Å². The summed E-state index contributed by atoms with van der Waals surface area (Å²) in [5.41, 5.74) is 2.73. The molecule has 5 nitrogen and oxygen atoms in total. The number of phenols is 1. The van der Waals surface area contributed by atoms with Crippen LogP contribution in [-0.2, 0) is 17.8 Å². The van der Waals surface area contributed by atoms with Crippen molar-refractivity contribution in [2.75, 3.05) is 6.54 Å². The van der Waals surface area contributed by atoms with Crippen molar-refractivity contribution in [2.45, 2.75) is 33.7 Å².